The molecule has 0 spiro atoms. The van der Waals surface area contributed by atoms with Crippen LogP contribution in [-0.4, -0.2) is 36.3 Å². The van der Waals surface area contributed by atoms with Crippen LogP contribution in [0.3, 0.4) is 0 Å². The van der Waals surface area contributed by atoms with Gasteiger partial charge < -0.3 is 9.47 Å². The number of nitriles is 1. The van der Waals surface area contributed by atoms with Crippen molar-refractivity contribution in [3.05, 3.63) is 53.7 Å². The molecule has 30 heavy (non-hydrogen) atoms. The minimum absolute atomic E-state index is 0.155. The van der Waals surface area contributed by atoms with Crippen molar-refractivity contribution in [1.82, 2.24) is 4.98 Å². The lowest BCUT2D eigenvalue weighted by Gasteiger charge is -2.16. The number of anilines is 1. The van der Waals surface area contributed by atoms with Gasteiger partial charge in [-0.3, -0.25) is 9.59 Å². The van der Waals surface area contributed by atoms with E-state index in [0.717, 1.165) is 5.56 Å². The van der Waals surface area contributed by atoms with Crippen LogP contribution in [-0.2, 0) is 14.3 Å². The van der Waals surface area contributed by atoms with Crippen molar-refractivity contribution in [1.29, 1.82) is 5.26 Å². The lowest BCUT2D eigenvalue weighted by molar-refractivity contribution is -0.143. The van der Waals surface area contributed by atoms with Crippen LogP contribution in [0.1, 0.15) is 43.2 Å². The zero-order valence-corrected chi connectivity index (χ0v) is 16.9. The van der Waals surface area contributed by atoms with Crippen molar-refractivity contribution < 1.29 is 19.1 Å². The fourth-order valence-corrected chi connectivity index (χ4v) is 3.24. The van der Waals surface area contributed by atoms with Crippen molar-refractivity contribution in [2.45, 2.75) is 32.1 Å². The highest BCUT2D eigenvalue weighted by Gasteiger charge is 2.28. The first-order chi connectivity index (χ1) is 14.5. The Morgan fingerprint density at radius 1 is 1.27 bits per heavy atom. The van der Waals surface area contributed by atoms with Crippen molar-refractivity contribution in [2.24, 2.45) is 5.10 Å². The molecule has 2 aromatic rings. The molecular formula is C22H22N4O4. The number of rotatable bonds is 8. The molecule has 1 aliphatic heterocycles. The molecule has 154 valence electrons. The second-order valence-electron chi connectivity index (χ2n) is 6.75. The number of hydrogen-bond donors (Lipinski definition) is 0. The maximum absolute atomic E-state index is 12.5. The van der Waals surface area contributed by atoms with Crippen LogP contribution >= 0.6 is 0 Å². The standard InChI is InChI=1S/C22H22N4O4/c1-3-30-22(28)11-17(16-6-9-20(29-2)24-14-16)10-18-12-21(27)26(25-18)19-7-4-15(13-23)5-8-19/h4-9,14,17H,3,10-12H2,1-2H3. The summed E-state index contributed by atoms with van der Waals surface area (Å²) in [4.78, 5) is 28.8. The number of methoxy groups -OCH3 is 1. The van der Waals surface area contributed by atoms with E-state index in [-0.39, 0.29) is 30.6 Å². The highest BCUT2D eigenvalue weighted by molar-refractivity contribution is 6.13. The maximum Gasteiger partial charge on any atom is 0.306 e. The molecule has 0 aliphatic carbocycles. The first kappa shape index (κ1) is 21.0. The van der Waals surface area contributed by atoms with Crippen LogP contribution in [0.2, 0.25) is 0 Å². The van der Waals surface area contributed by atoms with Crippen molar-refractivity contribution in [3.8, 4) is 11.9 Å². The molecule has 0 radical (unpaired) electrons. The average Bonchev–Trinajstić information content (AvgIpc) is 3.13. The topological polar surface area (TPSA) is 105 Å². The highest BCUT2D eigenvalue weighted by Crippen LogP contribution is 2.29. The second kappa shape index (κ2) is 9.65. The van der Waals surface area contributed by atoms with E-state index in [4.69, 9.17) is 14.7 Å². The number of carbonyl (C=O) groups is 2. The monoisotopic (exact) mass is 406 g/mol. The number of esters is 1. The number of hydrogen-bond acceptors (Lipinski definition) is 7. The zero-order chi connectivity index (χ0) is 21.5. The molecule has 0 bridgehead atoms. The lowest BCUT2D eigenvalue weighted by atomic mass is 9.91. The van der Waals surface area contributed by atoms with Gasteiger partial charge in [-0.1, -0.05) is 6.07 Å². The molecule has 1 aliphatic rings. The van der Waals surface area contributed by atoms with Crippen LogP contribution in [0, 0.1) is 11.3 Å². The van der Waals surface area contributed by atoms with Gasteiger partial charge in [0.2, 0.25) is 5.88 Å². The molecule has 8 nitrogen and oxygen atoms in total. The Balaban J connectivity index is 1.80. The maximum atomic E-state index is 12.5. The van der Waals surface area contributed by atoms with E-state index in [9.17, 15) is 9.59 Å². The van der Waals surface area contributed by atoms with E-state index in [1.165, 1.54) is 12.1 Å². The summed E-state index contributed by atoms with van der Waals surface area (Å²) >= 11 is 0. The van der Waals surface area contributed by atoms with Gasteiger partial charge in [0.05, 0.1) is 43.9 Å². The van der Waals surface area contributed by atoms with E-state index >= 15 is 0 Å². The third kappa shape index (κ3) is 5.00. The predicted molar refractivity (Wildman–Crippen MR) is 110 cm³/mol. The van der Waals surface area contributed by atoms with Gasteiger partial charge in [-0.2, -0.15) is 10.4 Å². The number of amides is 1. The van der Waals surface area contributed by atoms with Gasteiger partial charge >= 0.3 is 5.97 Å². The number of carbonyl (C=O) groups excluding carboxylic acids is 2. The first-order valence-electron chi connectivity index (χ1n) is 9.59. The summed E-state index contributed by atoms with van der Waals surface area (Å²) < 4.78 is 10.2. The molecule has 0 saturated carbocycles. The summed E-state index contributed by atoms with van der Waals surface area (Å²) in [5.41, 5.74) is 2.63. The summed E-state index contributed by atoms with van der Waals surface area (Å²) in [6.07, 6.45) is 2.42. The third-order valence-corrected chi connectivity index (χ3v) is 4.71. The second-order valence-corrected chi connectivity index (χ2v) is 6.75. The molecule has 1 atom stereocenters. The number of pyridine rings is 1. The summed E-state index contributed by atoms with van der Waals surface area (Å²) in [6, 6.07) is 12.3. The average molecular weight is 406 g/mol. The van der Waals surface area contributed by atoms with Gasteiger partial charge in [0.25, 0.3) is 5.91 Å². The van der Waals surface area contributed by atoms with Crippen LogP contribution in [0.25, 0.3) is 0 Å². The number of ether oxygens (including phenoxy) is 2. The summed E-state index contributed by atoms with van der Waals surface area (Å²) in [6.45, 7) is 2.06. The summed E-state index contributed by atoms with van der Waals surface area (Å²) in [7, 11) is 1.54. The molecule has 3 rings (SSSR count). The molecule has 1 amide bonds. The molecule has 0 N–H and O–H groups in total. The zero-order valence-electron chi connectivity index (χ0n) is 16.9. The van der Waals surface area contributed by atoms with Crippen LogP contribution in [0.5, 0.6) is 5.88 Å². The van der Waals surface area contributed by atoms with Crippen LogP contribution in [0.4, 0.5) is 5.69 Å². The fourth-order valence-electron chi connectivity index (χ4n) is 3.24. The van der Waals surface area contributed by atoms with Gasteiger partial charge in [-0.15, -0.1) is 0 Å². The van der Waals surface area contributed by atoms with E-state index in [1.807, 2.05) is 12.1 Å². The van der Waals surface area contributed by atoms with Crippen LogP contribution in [0.15, 0.2) is 47.7 Å². The Kier molecular flexibility index (Phi) is 6.75. The van der Waals surface area contributed by atoms with Gasteiger partial charge in [-0.05, 0) is 43.2 Å². The molecule has 1 aromatic heterocycles. The molecule has 0 fully saturated rings. The molecule has 1 aromatic carbocycles. The van der Waals surface area contributed by atoms with E-state index < -0.39 is 0 Å². The minimum Gasteiger partial charge on any atom is -0.481 e. The number of aromatic nitrogens is 1. The Bertz CT molecular complexity index is 978. The molecule has 0 saturated heterocycles. The minimum atomic E-state index is -0.313. The first-order valence-corrected chi connectivity index (χ1v) is 9.59. The van der Waals surface area contributed by atoms with Crippen molar-refractivity contribution in [3.63, 3.8) is 0 Å². The van der Waals surface area contributed by atoms with E-state index in [1.54, 1.807) is 43.5 Å². The van der Waals surface area contributed by atoms with Gasteiger partial charge in [0.15, 0.2) is 0 Å². The quantitative estimate of drug-likeness (QED) is 0.624. The smallest absolute Gasteiger partial charge is 0.306 e. The molecular weight excluding hydrogens is 384 g/mol. The third-order valence-electron chi connectivity index (χ3n) is 4.71. The van der Waals surface area contributed by atoms with Crippen LogP contribution < -0.4 is 9.75 Å². The number of nitrogens with zero attached hydrogens (tertiary/aromatic N) is 4. The summed E-state index contributed by atoms with van der Waals surface area (Å²) in [5, 5.41) is 14.7. The lowest BCUT2D eigenvalue weighted by Crippen LogP contribution is -2.19. The van der Waals surface area contributed by atoms with Crippen molar-refractivity contribution in [2.75, 3.05) is 18.7 Å². The molecule has 2 heterocycles. The Hall–Kier alpha value is -3.73. The Morgan fingerprint density at radius 2 is 2.03 bits per heavy atom. The van der Waals surface area contributed by atoms with E-state index in [2.05, 4.69) is 10.1 Å². The van der Waals surface area contributed by atoms with Gasteiger partial charge in [-0.25, -0.2) is 9.99 Å². The normalized spacial score (nSPS) is 14.1. The van der Waals surface area contributed by atoms with Gasteiger partial charge in [0, 0.05) is 23.9 Å². The highest BCUT2D eigenvalue weighted by atomic mass is 16.5. The predicted octanol–water partition coefficient (Wildman–Crippen LogP) is 3.18. The summed E-state index contributed by atoms with van der Waals surface area (Å²) in [5.74, 6) is -0.214. The Morgan fingerprint density at radius 3 is 2.63 bits per heavy atom. The number of benzene rings is 1. The molecule has 8 heteroatoms. The fraction of sp³-hybridized carbons (Fsp3) is 0.318. The number of hydrazone groups is 1. The molecule has 1 unspecified atom stereocenters. The van der Waals surface area contributed by atoms with Gasteiger partial charge in [0.1, 0.15) is 0 Å². The largest absolute Gasteiger partial charge is 0.481 e. The van der Waals surface area contributed by atoms with E-state index in [0.29, 0.717) is 35.9 Å². The SMILES string of the molecule is CCOC(=O)CC(CC1=NN(c2ccc(C#N)cc2)C(=O)C1)c1ccc(OC)nc1. The Labute approximate surface area is 174 Å². The van der Waals surface area contributed by atoms with Crippen molar-refractivity contribution >= 4 is 23.3 Å².